The normalized spacial score (nSPS) is 15.7. The number of fused-ring (bicyclic) bond motifs is 1. The Labute approximate surface area is 161 Å². The predicted octanol–water partition coefficient (Wildman–Crippen LogP) is 5.44. The van der Waals surface area contributed by atoms with Crippen molar-refractivity contribution in [1.82, 2.24) is 5.32 Å². The molecule has 0 aromatic heterocycles. The van der Waals surface area contributed by atoms with E-state index in [1.807, 2.05) is 36.1 Å². The molecule has 1 atom stereocenters. The van der Waals surface area contributed by atoms with Gasteiger partial charge < -0.3 is 10.1 Å². The lowest BCUT2D eigenvalue weighted by molar-refractivity contribution is 0.244. The van der Waals surface area contributed by atoms with Crippen LogP contribution in [-0.2, 0) is 4.74 Å². The van der Waals surface area contributed by atoms with Gasteiger partial charge in [-0.2, -0.15) is 0 Å². The molecule has 0 aliphatic carbocycles. The Kier molecular flexibility index (Phi) is 6.17. The molecule has 0 spiro atoms. The highest BCUT2D eigenvalue weighted by molar-refractivity contribution is 5.98. The Morgan fingerprint density at radius 1 is 1.11 bits per heavy atom. The van der Waals surface area contributed by atoms with Crippen LogP contribution in [0.1, 0.15) is 49.4 Å². The van der Waals surface area contributed by atoms with Crippen molar-refractivity contribution in [3.63, 3.8) is 0 Å². The molecule has 4 heteroatoms. The largest absolute Gasteiger partial charge is 0.493 e. The van der Waals surface area contributed by atoms with Crippen LogP contribution >= 0.6 is 0 Å². The number of ether oxygens (including phenoxy) is 1. The summed E-state index contributed by atoms with van der Waals surface area (Å²) in [5, 5.41) is 3.07. The Bertz CT molecular complexity index is 811. The number of carbonyl (C=O) groups excluding carboxylic acids is 1. The molecule has 1 aliphatic rings. The summed E-state index contributed by atoms with van der Waals surface area (Å²) in [7, 11) is 0. The molecule has 2 amide bonds. The van der Waals surface area contributed by atoms with Crippen LogP contribution in [0.4, 0.5) is 10.5 Å². The zero-order valence-corrected chi connectivity index (χ0v) is 16.4. The summed E-state index contributed by atoms with van der Waals surface area (Å²) >= 11 is 0. The topological polar surface area (TPSA) is 41.6 Å². The zero-order chi connectivity index (χ0) is 19.2. The minimum atomic E-state index is -0.205. The Balaban J connectivity index is 2.04. The number of anilines is 1. The van der Waals surface area contributed by atoms with Gasteiger partial charge in [-0.1, -0.05) is 55.3 Å². The highest BCUT2D eigenvalue weighted by Gasteiger charge is 2.32. The highest BCUT2D eigenvalue weighted by atomic mass is 16.5. The molecule has 1 N–H and O–H groups in total. The second-order valence-electron chi connectivity index (χ2n) is 6.79. The van der Waals surface area contributed by atoms with Crippen molar-refractivity contribution in [3.8, 4) is 0 Å². The van der Waals surface area contributed by atoms with E-state index < -0.39 is 0 Å². The predicted molar refractivity (Wildman–Crippen MR) is 111 cm³/mol. The first-order valence-corrected chi connectivity index (χ1v) is 9.73. The Morgan fingerprint density at radius 2 is 1.85 bits per heavy atom. The van der Waals surface area contributed by atoms with Gasteiger partial charge in [0.1, 0.15) is 5.76 Å². The highest BCUT2D eigenvalue weighted by Crippen LogP contribution is 2.40. The van der Waals surface area contributed by atoms with Gasteiger partial charge in [0.2, 0.25) is 0 Å². The number of para-hydroxylation sites is 1. The maximum atomic E-state index is 13.1. The summed E-state index contributed by atoms with van der Waals surface area (Å²) < 4.78 is 5.91. The Hall–Kier alpha value is -2.75. The standard InChI is InChI=1S/C23H28N2O2/c1-4-6-15-24-23(26)25-20-10-8-7-9-19(20)22(27-5-2)16-21(25)18-13-11-17(3)12-14-18/h7-14,16,21H,4-6,15H2,1-3H3,(H,24,26). The van der Waals surface area contributed by atoms with Crippen LogP contribution in [0.3, 0.4) is 0 Å². The first-order chi connectivity index (χ1) is 13.2. The molecule has 1 unspecified atom stereocenters. The second-order valence-corrected chi connectivity index (χ2v) is 6.79. The lowest BCUT2D eigenvalue weighted by Crippen LogP contribution is -2.44. The van der Waals surface area contributed by atoms with Gasteiger partial charge in [0.25, 0.3) is 0 Å². The molecule has 3 rings (SSSR count). The van der Waals surface area contributed by atoms with Crippen molar-refractivity contribution >= 4 is 17.5 Å². The fraction of sp³-hybridized carbons (Fsp3) is 0.348. The molecule has 27 heavy (non-hydrogen) atoms. The molecule has 1 heterocycles. The van der Waals surface area contributed by atoms with E-state index in [0.29, 0.717) is 13.2 Å². The molecular formula is C23H28N2O2. The number of urea groups is 1. The van der Waals surface area contributed by atoms with Gasteiger partial charge in [-0.15, -0.1) is 0 Å². The number of hydrogen-bond acceptors (Lipinski definition) is 2. The van der Waals surface area contributed by atoms with Crippen LogP contribution in [-0.4, -0.2) is 19.2 Å². The van der Waals surface area contributed by atoms with Crippen molar-refractivity contribution in [2.45, 2.75) is 39.7 Å². The molecule has 1 aliphatic heterocycles. The summed E-state index contributed by atoms with van der Waals surface area (Å²) in [5.74, 6) is 0.830. The summed E-state index contributed by atoms with van der Waals surface area (Å²) in [6.07, 6.45) is 4.07. The minimum Gasteiger partial charge on any atom is -0.493 e. The van der Waals surface area contributed by atoms with Crippen LogP contribution in [0.5, 0.6) is 0 Å². The summed E-state index contributed by atoms with van der Waals surface area (Å²) in [4.78, 5) is 14.9. The first kappa shape index (κ1) is 19.0. The molecule has 142 valence electrons. The lowest BCUT2D eigenvalue weighted by atomic mass is 9.95. The van der Waals surface area contributed by atoms with Crippen molar-refractivity contribution < 1.29 is 9.53 Å². The van der Waals surface area contributed by atoms with Crippen LogP contribution < -0.4 is 10.2 Å². The van der Waals surface area contributed by atoms with Crippen molar-refractivity contribution in [2.75, 3.05) is 18.1 Å². The average molecular weight is 364 g/mol. The van der Waals surface area contributed by atoms with Crippen LogP contribution in [0.25, 0.3) is 5.76 Å². The van der Waals surface area contributed by atoms with E-state index in [9.17, 15) is 4.79 Å². The average Bonchev–Trinajstić information content (AvgIpc) is 2.68. The summed E-state index contributed by atoms with van der Waals surface area (Å²) in [5.41, 5.74) is 4.09. The summed E-state index contributed by atoms with van der Waals surface area (Å²) in [6, 6.07) is 16.0. The third-order valence-corrected chi connectivity index (χ3v) is 4.76. The van der Waals surface area contributed by atoms with Crippen molar-refractivity contribution in [2.24, 2.45) is 0 Å². The quantitative estimate of drug-likeness (QED) is 0.693. The van der Waals surface area contributed by atoms with E-state index >= 15 is 0 Å². The SMILES string of the molecule is CCCCNC(=O)N1c2ccccc2C(OCC)=CC1c1ccc(C)cc1. The molecule has 2 aromatic rings. The van der Waals surface area contributed by atoms with Gasteiger partial charge >= 0.3 is 6.03 Å². The van der Waals surface area contributed by atoms with E-state index in [1.54, 1.807) is 0 Å². The third-order valence-electron chi connectivity index (χ3n) is 4.76. The van der Waals surface area contributed by atoms with Crippen molar-refractivity contribution in [1.29, 1.82) is 0 Å². The van der Waals surface area contributed by atoms with E-state index in [0.717, 1.165) is 35.4 Å². The lowest BCUT2D eigenvalue weighted by Gasteiger charge is -2.36. The number of aryl methyl sites for hydroxylation is 1. The zero-order valence-electron chi connectivity index (χ0n) is 16.4. The van der Waals surface area contributed by atoms with E-state index in [2.05, 4.69) is 49.5 Å². The molecule has 0 radical (unpaired) electrons. The summed E-state index contributed by atoms with van der Waals surface area (Å²) in [6.45, 7) is 7.43. The number of unbranched alkanes of at least 4 members (excludes halogenated alkanes) is 1. The van der Waals surface area contributed by atoms with Crippen LogP contribution in [0, 0.1) is 6.92 Å². The number of rotatable bonds is 6. The van der Waals surface area contributed by atoms with Gasteiger partial charge in [-0.3, -0.25) is 4.90 Å². The minimum absolute atomic E-state index is 0.0757. The maximum Gasteiger partial charge on any atom is 0.322 e. The number of nitrogens with zero attached hydrogens (tertiary/aromatic N) is 1. The van der Waals surface area contributed by atoms with Gasteiger partial charge in [-0.05, 0) is 44.0 Å². The van der Waals surface area contributed by atoms with E-state index in [4.69, 9.17) is 4.74 Å². The monoisotopic (exact) mass is 364 g/mol. The van der Waals surface area contributed by atoms with Gasteiger partial charge in [0.15, 0.2) is 0 Å². The van der Waals surface area contributed by atoms with Gasteiger partial charge in [0, 0.05) is 12.1 Å². The first-order valence-electron chi connectivity index (χ1n) is 9.73. The fourth-order valence-corrected chi connectivity index (χ4v) is 3.33. The molecule has 2 aromatic carbocycles. The molecule has 4 nitrogen and oxygen atoms in total. The van der Waals surface area contributed by atoms with Crippen LogP contribution in [0.2, 0.25) is 0 Å². The smallest absolute Gasteiger partial charge is 0.322 e. The van der Waals surface area contributed by atoms with E-state index in [-0.39, 0.29) is 12.1 Å². The molecule has 0 saturated heterocycles. The molecule has 0 fully saturated rings. The fourth-order valence-electron chi connectivity index (χ4n) is 3.33. The van der Waals surface area contributed by atoms with E-state index in [1.165, 1.54) is 5.56 Å². The van der Waals surface area contributed by atoms with Crippen molar-refractivity contribution in [3.05, 3.63) is 71.3 Å². The molecule has 0 saturated carbocycles. The number of hydrogen-bond donors (Lipinski definition) is 1. The van der Waals surface area contributed by atoms with Gasteiger partial charge in [0.05, 0.1) is 18.3 Å². The Morgan fingerprint density at radius 3 is 2.56 bits per heavy atom. The van der Waals surface area contributed by atoms with Gasteiger partial charge in [-0.25, -0.2) is 4.79 Å². The third kappa shape index (κ3) is 4.16. The molecule has 0 bridgehead atoms. The number of amides is 2. The number of benzene rings is 2. The molecular weight excluding hydrogens is 336 g/mol. The number of nitrogens with one attached hydrogen (secondary N) is 1. The van der Waals surface area contributed by atoms with Crippen LogP contribution in [0.15, 0.2) is 54.6 Å². The second kappa shape index (κ2) is 8.76. The maximum absolute atomic E-state index is 13.1. The number of carbonyl (C=O) groups is 1.